The second kappa shape index (κ2) is 10.8. The van der Waals surface area contributed by atoms with Crippen molar-refractivity contribution in [2.24, 2.45) is 0 Å². The first-order chi connectivity index (χ1) is 19.9. The van der Waals surface area contributed by atoms with E-state index in [1.807, 2.05) is 30.3 Å². The molecule has 3 aromatic carbocycles. The van der Waals surface area contributed by atoms with Gasteiger partial charge in [-0.15, -0.1) is 22.7 Å². The van der Waals surface area contributed by atoms with Crippen LogP contribution in [0.5, 0.6) is 0 Å². The zero-order chi connectivity index (χ0) is 28.5. The third-order valence-corrected chi connectivity index (χ3v) is 8.01. The lowest BCUT2D eigenvalue weighted by Gasteiger charge is -2.14. The monoisotopic (exact) mass is 581 g/mol. The maximum atomic E-state index is 13.3. The van der Waals surface area contributed by atoms with Gasteiger partial charge >= 0.3 is 5.97 Å². The van der Waals surface area contributed by atoms with Crippen LogP contribution in [-0.4, -0.2) is 37.9 Å². The van der Waals surface area contributed by atoms with E-state index in [-0.39, 0.29) is 16.4 Å². The number of non-ortho nitro benzene ring substituents is 1. The Balaban J connectivity index is 1.21. The number of benzene rings is 3. The van der Waals surface area contributed by atoms with Gasteiger partial charge < -0.3 is 4.74 Å². The fraction of sp³-hybridized carbons (Fsp3) is 0.0690. The molecule has 6 aromatic rings. The van der Waals surface area contributed by atoms with Crippen LogP contribution in [0.1, 0.15) is 17.3 Å². The molecule has 10 nitrogen and oxygen atoms in total. The number of esters is 1. The lowest BCUT2D eigenvalue weighted by Crippen LogP contribution is -2.30. The first-order valence-electron chi connectivity index (χ1n) is 12.3. The molecule has 0 spiro atoms. The van der Waals surface area contributed by atoms with E-state index in [9.17, 15) is 19.7 Å². The standard InChI is InChI=1S/C29H19N5O5S2/c1-16(26(35)33-29-32-24(15-40-29)17-7-6-8-18(13-17)34(37)38)39-28(36)20-14-23(30-21-10-3-2-9-19(20)21)27-31-22-11-4-5-12-25(22)41-27/h2-16H,1H3,(H,32,33,35). The maximum absolute atomic E-state index is 13.3. The molecule has 1 amide bonds. The highest BCUT2D eigenvalue weighted by atomic mass is 32.1. The number of nitro benzene ring substituents is 1. The largest absolute Gasteiger partial charge is 0.449 e. The van der Waals surface area contributed by atoms with Gasteiger partial charge in [-0.3, -0.25) is 20.2 Å². The number of nitro groups is 1. The number of ether oxygens (including phenoxy) is 1. The molecule has 0 saturated carbocycles. The summed E-state index contributed by atoms with van der Waals surface area (Å²) in [6, 6.07) is 22.7. The number of fused-ring (bicyclic) bond motifs is 2. The number of pyridine rings is 1. The van der Waals surface area contributed by atoms with Crippen molar-refractivity contribution in [2.45, 2.75) is 13.0 Å². The Labute approximate surface area is 240 Å². The average Bonchev–Trinajstić information content (AvgIpc) is 3.64. The summed E-state index contributed by atoms with van der Waals surface area (Å²) in [7, 11) is 0. The van der Waals surface area contributed by atoms with Crippen LogP contribution in [0, 0.1) is 10.1 Å². The van der Waals surface area contributed by atoms with Crippen molar-refractivity contribution in [1.29, 1.82) is 0 Å². The lowest BCUT2D eigenvalue weighted by atomic mass is 10.1. The molecule has 1 atom stereocenters. The van der Waals surface area contributed by atoms with Gasteiger partial charge in [0.05, 0.1) is 31.9 Å². The molecule has 3 aromatic heterocycles. The van der Waals surface area contributed by atoms with Gasteiger partial charge in [-0.2, -0.15) is 0 Å². The van der Waals surface area contributed by atoms with Crippen LogP contribution >= 0.6 is 22.7 Å². The van der Waals surface area contributed by atoms with Crippen molar-refractivity contribution >= 4 is 66.5 Å². The van der Waals surface area contributed by atoms with E-state index in [0.29, 0.717) is 32.9 Å². The van der Waals surface area contributed by atoms with Crippen molar-refractivity contribution in [2.75, 3.05) is 5.32 Å². The number of carbonyl (C=O) groups excluding carboxylic acids is 2. The average molecular weight is 582 g/mol. The Morgan fingerprint density at radius 2 is 1.71 bits per heavy atom. The summed E-state index contributed by atoms with van der Waals surface area (Å²) in [6.45, 7) is 1.47. The van der Waals surface area contributed by atoms with E-state index in [2.05, 4.69) is 15.3 Å². The van der Waals surface area contributed by atoms with E-state index >= 15 is 0 Å². The van der Waals surface area contributed by atoms with E-state index in [1.165, 1.54) is 30.4 Å². The zero-order valence-electron chi connectivity index (χ0n) is 21.3. The Morgan fingerprint density at radius 3 is 2.51 bits per heavy atom. The van der Waals surface area contributed by atoms with E-state index < -0.39 is 22.9 Å². The number of hydrogen-bond donors (Lipinski definition) is 1. The van der Waals surface area contributed by atoms with Crippen LogP contribution in [0.4, 0.5) is 10.8 Å². The predicted octanol–water partition coefficient (Wildman–Crippen LogP) is 6.73. The molecule has 6 rings (SSSR count). The molecule has 41 heavy (non-hydrogen) atoms. The smallest absolute Gasteiger partial charge is 0.339 e. The van der Waals surface area contributed by atoms with Gasteiger partial charge in [0.2, 0.25) is 0 Å². The lowest BCUT2D eigenvalue weighted by molar-refractivity contribution is -0.384. The summed E-state index contributed by atoms with van der Waals surface area (Å²) in [5.41, 5.74) is 3.21. The summed E-state index contributed by atoms with van der Waals surface area (Å²) >= 11 is 2.63. The van der Waals surface area contributed by atoms with Gasteiger partial charge in [-0.1, -0.05) is 42.5 Å². The van der Waals surface area contributed by atoms with Crippen molar-refractivity contribution < 1.29 is 19.2 Å². The second-order valence-electron chi connectivity index (χ2n) is 8.94. The Hall–Kier alpha value is -5.07. The van der Waals surface area contributed by atoms with Gasteiger partial charge in [-0.05, 0) is 31.2 Å². The van der Waals surface area contributed by atoms with E-state index in [4.69, 9.17) is 9.72 Å². The first kappa shape index (κ1) is 26.2. The SMILES string of the molecule is CC(OC(=O)c1cc(-c2nc3ccccc3s2)nc2ccccc12)C(=O)Nc1nc(-c2cccc([N+](=O)[O-])c2)cs1. The topological polar surface area (TPSA) is 137 Å². The quantitative estimate of drug-likeness (QED) is 0.124. The molecule has 3 heterocycles. The summed E-state index contributed by atoms with van der Waals surface area (Å²) < 4.78 is 6.57. The zero-order valence-corrected chi connectivity index (χ0v) is 22.9. The number of rotatable bonds is 7. The number of para-hydroxylation sites is 2. The minimum atomic E-state index is -1.13. The molecule has 0 aliphatic heterocycles. The Morgan fingerprint density at radius 1 is 0.927 bits per heavy atom. The van der Waals surface area contributed by atoms with Crippen molar-refractivity contribution in [1.82, 2.24) is 15.0 Å². The molecule has 0 bridgehead atoms. The van der Waals surface area contributed by atoms with Gasteiger partial charge in [0.15, 0.2) is 11.2 Å². The molecule has 0 fully saturated rings. The molecular weight excluding hydrogens is 562 g/mol. The van der Waals surface area contributed by atoms with Crippen LogP contribution in [0.2, 0.25) is 0 Å². The van der Waals surface area contributed by atoms with Crippen molar-refractivity contribution in [3.8, 4) is 22.0 Å². The molecule has 0 aliphatic rings. The highest BCUT2D eigenvalue weighted by molar-refractivity contribution is 7.21. The molecule has 0 saturated heterocycles. The molecule has 12 heteroatoms. The first-order valence-corrected chi connectivity index (χ1v) is 14.0. The minimum Gasteiger partial charge on any atom is -0.449 e. The van der Waals surface area contributed by atoms with Crippen LogP contribution in [0.3, 0.4) is 0 Å². The third-order valence-electron chi connectivity index (χ3n) is 6.19. The van der Waals surface area contributed by atoms with Crippen molar-refractivity contribution in [3.05, 3.63) is 99.9 Å². The molecule has 0 radical (unpaired) electrons. The number of nitrogens with zero attached hydrogens (tertiary/aromatic N) is 4. The van der Waals surface area contributed by atoms with Crippen LogP contribution in [0.15, 0.2) is 84.2 Å². The van der Waals surface area contributed by atoms with Crippen LogP contribution in [-0.2, 0) is 9.53 Å². The molecule has 0 aliphatic carbocycles. The number of thiazole rings is 2. The summed E-state index contributed by atoms with van der Waals surface area (Å²) in [4.78, 5) is 50.6. The fourth-order valence-corrected chi connectivity index (χ4v) is 5.81. The summed E-state index contributed by atoms with van der Waals surface area (Å²) in [5.74, 6) is -1.24. The van der Waals surface area contributed by atoms with E-state index in [1.54, 1.807) is 41.8 Å². The fourth-order valence-electron chi connectivity index (χ4n) is 4.16. The summed E-state index contributed by atoms with van der Waals surface area (Å²) in [5, 5.41) is 16.9. The van der Waals surface area contributed by atoms with Gasteiger partial charge in [-0.25, -0.2) is 19.7 Å². The second-order valence-corrected chi connectivity index (χ2v) is 10.8. The molecule has 1 unspecified atom stereocenters. The number of nitrogens with one attached hydrogen (secondary N) is 1. The molecule has 202 valence electrons. The molecule has 1 N–H and O–H groups in total. The number of anilines is 1. The predicted molar refractivity (Wildman–Crippen MR) is 158 cm³/mol. The molecular formula is C29H19N5O5S2. The number of carbonyl (C=O) groups is 2. The minimum absolute atomic E-state index is 0.0588. The Bertz CT molecular complexity index is 1940. The maximum Gasteiger partial charge on any atom is 0.339 e. The van der Waals surface area contributed by atoms with Crippen LogP contribution in [0.25, 0.3) is 43.1 Å². The summed E-state index contributed by atoms with van der Waals surface area (Å²) in [6.07, 6.45) is -1.13. The highest BCUT2D eigenvalue weighted by Crippen LogP contribution is 2.32. The van der Waals surface area contributed by atoms with Crippen LogP contribution < -0.4 is 5.32 Å². The van der Waals surface area contributed by atoms with Gasteiger partial charge in [0, 0.05) is 28.5 Å². The number of aromatic nitrogens is 3. The van der Waals surface area contributed by atoms with Gasteiger partial charge in [0.25, 0.3) is 11.6 Å². The Kier molecular flexibility index (Phi) is 6.91. The number of hydrogen-bond acceptors (Lipinski definition) is 10. The van der Waals surface area contributed by atoms with Crippen molar-refractivity contribution in [3.63, 3.8) is 0 Å². The third kappa shape index (κ3) is 5.38. The van der Waals surface area contributed by atoms with E-state index in [0.717, 1.165) is 21.6 Å². The normalized spacial score (nSPS) is 11.8. The highest BCUT2D eigenvalue weighted by Gasteiger charge is 2.23. The number of amides is 1. The van der Waals surface area contributed by atoms with Gasteiger partial charge in [0.1, 0.15) is 10.7 Å².